The lowest BCUT2D eigenvalue weighted by atomic mass is 10.1. The van der Waals surface area contributed by atoms with Gasteiger partial charge in [0, 0.05) is 22.4 Å². The minimum atomic E-state index is 0.629. The number of rotatable bonds is 6. The van der Waals surface area contributed by atoms with E-state index < -0.39 is 0 Å². The number of carbonyl (C=O) groups is 1. The lowest BCUT2D eigenvalue weighted by molar-refractivity contribution is 0.112. The summed E-state index contributed by atoms with van der Waals surface area (Å²) in [6.07, 6.45) is 6.32. The summed E-state index contributed by atoms with van der Waals surface area (Å²) in [6, 6.07) is 9.39. The summed E-state index contributed by atoms with van der Waals surface area (Å²) in [5.74, 6) is 0.771. The van der Waals surface area contributed by atoms with Gasteiger partial charge in [0.25, 0.3) is 0 Å². The van der Waals surface area contributed by atoms with Crippen LogP contribution >= 0.6 is 15.9 Å². The molecule has 0 unspecified atom stereocenters. The number of benzene rings is 1. The monoisotopic (exact) mass is 319 g/mol. The zero-order chi connectivity index (χ0) is 13.5. The summed E-state index contributed by atoms with van der Waals surface area (Å²) in [4.78, 5) is 14.7. The lowest BCUT2D eigenvalue weighted by Gasteiger charge is -2.07. The molecule has 3 nitrogen and oxygen atoms in total. The fourth-order valence-corrected chi connectivity index (χ4v) is 2.16. The Balaban J connectivity index is 1.80. The molecule has 1 aromatic carbocycles. The molecule has 0 N–H and O–H groups in total. The van der Waals surface area contributed by atoms with E-state index >= 15 is 0 Å². The van der Waals surface area contributed by atoms with Crippen LogP contribution < -0.4 is 4.74 Å². The zero-order valence-corrected chi connectivity index (χ0v) is 12.0. The fourth-order valence-electron chi connectivity index (χ4n) is 1.71. The Kier molecular flexibility index (Phi) is 5.10. The van der Waals surface area contributed by atoms with E-state index in [2.05, 4.69) is 20.9 Å². The smallest absolute Gasteiger partial charge is 0.151 e. The van der Waals surface area contributed by atoms with Crippen molar-refractivity contribution in [3.05, 3.63) is 58.3 Å². The van der Waals surface area contributed by atoms with Crippen molar-refractivity contribution in [2.75, 3.05) is 6.61 Å². The van der Waals surface area contributed by atoms with Gasteiger partial charge in [-0.2, -0.15) is 0 Å². The van der Waals surface area contributed by atoms with Gasteiger partial charge >= 0.3 is 0 Å². The molecule has 0 saturated carbocycles. The normalized spacial score (nSPS) is 10.2. The van der Waals surface area contributed by atoms with Gasteiger partial charge in [-0.3, -0.25) is 9.78 Å². The van der Waals surface area contributed by atoms with Gasteiger partial charge in [-0.1, -0.05) is 0 Å². The van der Waals surface area contributed by atoms with Crippen LogP contribution in [0.2, 0.25) is 0 Å². The Hall–Kier alpha value is -1.68. The molecule has 0 fully saturated rings. The van der Waals surface area contributed by atoms with Crippen molar-refractivity contribution in [3.8, 4) is 5.75 Å². The maximum Gasteiger partial charge on any atom is 0.151 e. The van der Waals surface area contributed by atoms with Crippen molar-refractivity contribution in [1.29, 1.82) is 0 Å². The third-order valence-corrected chi connectivity index (χ3v) is 3.41. The lowest BCUT2D eigenvalue weighted by Crippen LogP contribution is -1.99. The molecule has 98 valence electrons. The molecule has 4 heteroatoms. The van der Waals surface area contributed by atoms with E-state index in [0.717, 1.165) is 29.4 Å². The van der Waals surface area contributed by atoms with Crippen LogP contribution in [0.15, 0.2) is 47.2 Å². The molecule has 1 heterocycles. The summed E-state index contributed by atoms with van der Waals surface area (Å²) >= 11 is 3.33. The van der Waals surface area contributed by atoms with Crippen LogP contribution in [-0.4, -0.2) is 17.9 Å². The zero-order valence-electron chi connectivity index (χ0n) is 10.4. The minimum Gasteiger partial charge on any atom is -0.494 e. The van der Waals surface area contributed by atoms with Crippen molar-refractivity contribution in [1.82, 2.24) is 4.98 Å². The van der Waals surface area contributed by atoms with Gasteiger partial charge in [0.15, 0.2) is 6.29 Å². The molecule has 0 amide bonds. The second-order valence-corrected chi connectivity index (χ2v) is 4.96. The van der Waals surface area contributed by atoms with Crippen LogP contribution in [0.4, 0.5) is 0 Å². The number of hydrogen-bond acceptors (Lipinski definition) is 3. The highest BCUT2D eigenvalue weighted by Gasteiger charge is 2.01. The van der Waals surface area contributed by atoms with Crippen molar-refractivity contribution in [2.24, 2.45) is 0 Å². The van der Waals surface area contributed by atoms with Crippen LogP contribution in [0.1, 0.15) is 22.3 Å². The van der Waals surface area contributed by atoms with E-state index in [1.54, 1.807) is 24.5 Å². The second-order valence-electron chi connectivity index (χ2n) is 4.11. The van der Waals surface area contributed by atoms with Gasteiger partial charge in [-0.05, 0) is 64.7 Å². The molecular weight excluding hydrogens is 306 g/mol. The molecule has 0 aliphatic rings. The first-order valence-electron chi connectivity index (χ1n) is 6.06. The Morgan fingerprint density at radius 1 is 1.21 bits per heavy atom. The first kappa shape index (κ1) is 13.7. The first-order chi connectivity index (χ1) is 9.29. The number of ether oxygens (including phenoxy) is 1. The maximum atomic E-state index is 10.7. The highest BCUT2D eigenvalue weighted by Crippen LogP contribution is 2.22. The SMILES string of the molecule is O=Cc1ccc(OCCCc2ccncc2)cc1Br. The van der Waals surface area contributed by atoms with Gasteiger partial charge in [-0.15, -0.1) is 0 Å². The van der Waals surface area contributed by atoms with Crippen LogP contribution in [0.25, 0.3) is 0 Å². The molecule has 0 saturated heterocycles. The fraction of sp³-hybridized carbons (Fsp3) is 0.200. The largest absolute Gasteiger partial charge is 0.494 e. The Morgan fingerprint density at radius 2 is 2.00 bits per heavy atom. The molecule has 0 aliphatic heterocycles. The number of pyridine rings is 1. The van der Waals surface area contributed by atoms with Gasteiger partial charge < -0.3 is 4.74 Å². The predicted octanol–water partition coefficient (Wildman–Crippen LogP) is 3.67. The minimum absolute atomic E-state index is 0.629. The third-order valence-electron chi connectivity index (χ3n) is 2.73. The van der Waals surface area contributed by atoms with Crippen molar-refractivity contribution >= 4 is 22.2 Å². The molecule has 0 bridgehead atoms. The molecule has 2 aromatic rings. The predicted molar refractivity (Wildman–Crippen MR) is 77.6 cm³/mol. The van der Waals surface area contributed by atoms with Crippen LogP contribution in [0.5, 0.6) is 5.75 Å². The van der Waals surface area contributed by atoms with Gasteiger partial charge in [0.05, 0.1) is 6.61 Å². The summed E-state index contributed by atoms with van der Waals surface area (Å²) < 4.78 is 6.40. The summed E-state index contributed by atoms with van der Waals surface area (Å²) in [7, 11) is 0. The molecular formula is C15H14BrNO2. The van der Waals surface area contributed by atoms with Crippen LogP contribution in [-0.2, 0) is 6.42 Å². The number of aromatic nitrogens is 1. The van der Waals surface area contributed by atoms with E-state index in [1.807, 2.05) is 18.2 Å². The van der Waals surface area contributed by atoms with E-state index in [0.29, 0.717) is 12.2 Å². The quantitative estimate of drug-likeness (QED) is 0.602. The Labute approximate surface area is 120 Å². The molecule has 0 atom stereocenters. The number of aldehydes is 1. The summed E-state index contributed by atoms with van der Waals surface area (Å²) in [5, 5.41) is 0. The summed E-state index contributed by atoms with van der Waals surface area (Å²) in [6.45, 7) is 0.648. The van der Waals surface area contributed by atoms with Gasteiger partial charge in [0.1, 0.15) is 5.75 Å². The molecule has 1 aromatic heterocycles. The van der Waals surface area contributed by atoms with Gasteiger partial charge in [-0.25, -0.2) is 0 Å². The van der Waals surface area contributed by atoms with E-state index in [9.17, 15) is 4.79 Å². The maximum absolute atomic E-state index is 10.7. The van der Waals surface area contributed by atoms with E-state index in [-0.39, 0.29) is 0 Å². The van der Waals surface area contributed by atoms with Gasteiger partial charge in [0.2, 0.25) is 0 Å². The number of nitrogens with zero attached hydrogens (tertiary/aromatic N) is 1. The topological polar surface area (TPSA) is 39.2 Å². The van der Waals surface area contributed by atoms with E-state index in [4.69, 9.17) is 4.74 Å². The standard InChI is InChI=1S/C15H14BrNO2/c16-15-10-14(4-3-13(15)11-18)19-9-1-2-12-5-7-17-8-6-12/h3-8,10-11H,1-2,9H2. The van der Waals surface area contributed by atoms with E-state index in [1.165, 1.54) is 5.56 Å². The van der Waals surface area contributed by atoms with Crippen molar-refractivity contribution in [3.63, 3.8) is 0 Å². The average Bonchev–Trinajstić information content (AvgIpc) is 2.45. The van der Waals surface area contributed by atoms with Crippen molar-refractivity contribution < 1.29 is 9.53 Å². The van der Waals surface area contributed by atoms with Crippen LogP contribution in [0, 0.1) is 0 Å². The first-order valence-corrected chi connectivity index (χ1v) is 6.85. The Bertz CT molecular complexity index is 543. The molecule has 0 radical (unpaired) electrons. The number of halogens is 1. The number of carbonyl (C=O) groups excluding carboxylic acids is 1. The molecule has 0 spiro atoms. The number of hydrogen-bond donors (Lipinski definition) is 0. The second kappa shape index (κ2) is 7.04. The van der Waals surface area contributed by atoms with Crippen LogP contribution in [0.3, 0.4) is 0 Å². The Morgan fingerprint density at radius 3 is 2.68 bits per heavy atom. The molecule has 0 aliphatic carbocycles. The highest BCUT2D eigenvalue weighted by atomic mass is 79.9. The molecule has 2 rings (SSSR count). The third kappa shape index (κ3) is 4.17. The van der Waals surface area contributed by atoms with Crippen molar-refractivity contribution in [2.45, 2.75) is 12.8 Å². The molecule has 19 heavy (non-hydrogen) atoms. The average molecular weight is 320 g/mol. The summed E-state index contributed by atoms with van der Waals surface area (Å²) in [5.41, 5.74) is 1.89. The number of aryl methyl sites for hydroxylation is 1. The highest BCUT2D eigenvalue weighted by molar-refractivity contribution is 9.10.